The predicted octanol–water partition coefficient (Wildman–Crippen LogP) is 5.86. The molecule has 0 bridgehead atoms. The molecule has 4 heteroatoms. The quantitative estimate of drug-likeness (QED) is 0.431. The van der Waals surface area contributed by atoms with Crippen LogP contribution in [-0.2, 0) is 5.41 Å². The van der Waals surface area contributed by atoms with E-state index in [1.165, 1.54) is 44.9 Å². The maximum atomic E-state index is 6.36. The van der Waals surface area contributed by atoms with E-state index in [1.807, 2.05) is 0 Å². The standard InChI is InChI=1S/C16H24ClIN2/c1-16(2,3)13-12(18)14(17)20-15(19-13)11-9-7-5-4-6-8-10-11/h11H,4-10H2,1-3H3. The maximum absolute atomic E-state index is 6.36. The zero-order valence-electron chi connectivity index (χ0n) is 12.7. The highest BCUT2D eigenvalue weighted by molar-refractivity contribution is 14.1. The summed E-state index contributed by atoms with van der Waals surface area (Å²) >= 11 is 8.63. The molecular weight excluding hydrogens is 383 g/mol. The van der Waals surface area contributed by atoms with Gasteiger partial charge in [-0.05, 0) is 35.4 Å². The molecule has 0 unspecified atom stereocenters. The van der Waals surface area contributed by atoms with Crippen molar-refractivity contribution in [2.24, 2.45) is 0 Å². The second-order valence-corrected chi connectivity index (χ2v) is 8.26. The molecule has 0 radical (unpaired) electrons. The minimum absolute atomic E-state index is 0.0134. The third-order valence-electron chi connectivity index (χ3n) is 4.01. The van der Waals surface area contributed by atoms with E-state index < -0.39 is 0 Å². The average molecular weight is 407 g/mol. The molecule has 112 valence electrons. The van der Waals surface area contributed by atoms with Gasteiger partial charge in [-0.1, -0.05) is 64.5 Å². The second-order valence-electron chi connectivity index (χ2n) is 6.83. The first-order chi connectivity index (χ1) is 9.39. The zero-order chi connectivity index (χ0) is 14.8. The van der Waals surface area contributed by atoms with Crippen molar-refractivity contribution in [2.75, 3.05) is 0 Å². The van der Waals surface area contributed by atoms with Gasteiger partial charge in [-0.15, -0.1) is 0 Å². The Morgan fingerprint density at radius 3 is 2.10 bits per heavy atom. The maximum Gasteiger partial charge on any atom is 0.146 e. The van der Waals surface area contributed by atoms with Crippen LogP contribution in [0.15, 0.2) is 0 Å². The second kappa shape index (κ2) is 6.91. The summed E-state index contributed by atoms with van der Waals surface area (Å²) in [6.07, 6.45) is 9.09. The van der Waals surface area contributed by atoms with E-state index in [-0.39, 0.29) is 5.41 Å². The van der Waals surface area contributed by atoms with E-state index in [1.54, 1.807) is 0 Å². The molecule has 0 saturated heterocycles. The Balaban J connectivity index is 2.33. The fourth-order valence-corrected chi connectivity index (χ4v) is 4.06. The van der Waals surface area contributed by atoms with E-state index >= 15 is 0 Å². The smallest absolute Gasteiger partial charge is 0.146 e. The molecule has 1 aliphatic rings. The van der Waals surface area contributed by atoms with Crippen LogP contribution in [0.4, 0.5) is 0 Å². The first-order valence-corrected chi connectivity index (χ1v) is 9.08. The highest BCUT2D eigenvalue weighted by Crippen LogP contribution is 2.34. The van der Waals surface area contributed by atoms with Crippen LogP contribution in [0.2, 0.25) is 5.15 Å². The van der Waals surface area contributed by atoms with Crippen molar-refractivity contribution in [1.82, 2.24) is 9.97 Å². The van der Waals surface area contributed by atoms with Crippen LogP contribution in [0.1, 0.15) is 83.2 Å². The van der Waals surface area contributed by atoms with Crippen LogP contribution in [0.3, 0.4) is 0 Å². The Morgan fingerprint density at radius 1 is 1.00 bits per heavy atom. The molecule has 2 rings (SSSR count). The molecule has 0 spiro atoms. The van der Waals surface area contributed by atoms with E-state index in [2.05, 4.69) is 48.3 Å². The zero-order valence-corrected chi connectivity index (χ0v) is 15.6. The van der Waals surface area contributed by atoms with Crippen LogP contribution < -0.4 is 0 Å². The number of aromatic nitrogens is 2. The summed E-state index contributed by atoms with van der Waals surface area (Å²) in [6, 6.07) is 0. The molecule has 1 heterocycles. The molecule has 1 fully saturated rings. The molecule has 1 aliphatic carbocycles. The number of hydrogen-bond acceptors (Lipinski definition) is 2. The van der Waals surface area contributed by atoms with E-state index in [4.69, 9.17) is 16.6 Å². The number of rotatable bonds is 1. The molecule has 20 heavy (non-hydrogen) atoms. The lowest BCUT2D eigenvalue weighted by atomic mass is 9.89. The van der Waals surface area contributed by atoms with Gasteiger partial charge in [-0.2, -0.15) is 0 Å². The average Bonchev–Trinajstić information content (AvgIpc) is 2.30. The van der Waals surface area contributed by atoms with Gasteiger partial charge in [0, 0.05) is 11.3 Å². The molecule has 1 saturated carbocycles. The van der Waals surface area contributed by atoms with Crippen molar-refractivity contribution in [1.29, 1.82) is 0 Å². The molecule has 0 atom stereocenters. The third kappa shape index (κ3) is 4.06. The van der Waals surface area contributed by atoms with Gasteiger partial charge < -0.3 is 0 Å². The van der Waals surface area contributed by atoms with Crippen LogP contribution in [0.5, 0.6) is 0 Å². The molecule has 1 aromatic rings. The van der Waals surface area contributed by atoms with E-state index in [0.717, 1.165) is 15.1 Å². The summed E-state index contributed by atoms with van der Waals surface area (Å²) < 4.78 is 1.01. The summed E-state index contributed by atoms with van der Waals surface area (Å²) in [4.78, 5) is 9.49. The monoisotopic (exact) mass is 406 g/mol. The number of hydrogen-bond donors (Lipinski definition) is 0. The lowest BCUT2D eigenvalue weighted by molar-refractivity contribution is 0.437. The topological polar surface area (TPSA) is 25.8 Å². The summed E-state index contributed by atoms with van der Waals surface area (Å²) in [5, 5.41) is 0.627. The van der Waals surface area contributed by atoms with Gasteiger partial charge >= 0.3 is 0 Å². The number of nitrogens with zero attached hydrogens (tertiary/aromatic N) is 2. The number of halogens is 2. The van der Waals surface area contributed by atoms with Gasteiger partial charge in [0.15, 0.2) is 0 Å². The largest absolute Gasteiger partial charge is 0.236 e. The van der Waals surface area contributed by atoms with Crippen LogP contribution in [0.25, 0.3) is 0 Å². The molecule has 0 N–H and O–H groups in total. The molecular formula is C16H24ClIN2. The first kappa shape index (κ1) is 16.5. The van der Waals surface area contributed by atoms with E-state index in [9.17, 15) is 0 Å². The van der Waals surface area contributed by atoms with Gasteiger partial charge in [-0.25, -0.2) is 9.97 Å². The van der Waals surface area contributed by atoms with Crippen LogP contribution in [-0.4, -0.2) is 9.97 Å². The lowest BCUT2D eigenvalue weighted by Gasteiger charge is -2.24. The Morgan fingerprint density at radius 2 is 1.55 bits per heavy atom. The van der Waals surface area contributed by atoms with Crippen molar-refractivity contribution >= 4 is 34.2 Å². The summed E-state index contributed by atoms with van der Waals surface area (Å²) in [7, 11) is 0. The Bertz CT molecular complexity index is 460. The highest BCUT2D eigenvalue weighted by Gasteiger charge is 2.25. The SMILES string of the molecule is CC(C)(C)c1nc(C2CCCCCCC2)nc(Cl)c1I. The fraction of sp³-hybridized carbons (Fsp3) is 0.750. The van der Waals surface area contributed by atoms with Crippen molar-refractivity contribution in [3.63, 3.8) is 0 Å². The van der Waals surface area contributed by atoms with Crippen molar-refractivity contribution in [3.8, 4) is 0 Å². The first-order valence-electron chi connectivity index (χ1n) is 7.63. The third-order valence-corrected chi connectivity index (χ3v) is 5.62. The minimum atomic E-state index is 0.0134. The summed E-state index contributed by atoms with van der Waals surface area (Å²) in [5.74, 6) is 1.47. The van der Waals surface area contributed by atoms with Crippen molar-refractivity contribution < 1.29 is 0 Å². The molecule has 2 nitrogen and oxygen atoms in total. The fourth-order valence-electron chi connectivity index (χ4n) is 2.83. The molecule has 0 amide bonds. The molecule has 0 aromatic carbocycles. The van der Waals surface area contributed by atoms with Gasteiger partial charge in [0.05, 0.1) is 9.26 Å². The predicted molar refractivity (Wildman–Crippen MR) is 93.5 cm³/mol. The Kier molecular flexibility index (Phi) is 5.69. The Hall–Kier alpha value is 0.100. The minimum Gasteiger partial charge on any atom is -0.236 e. The normalized spacial score (nSPS) is 18.6. The molecule has 1 aromatic heterocycles. The Labute approximate surface area is 141 Å². The van der Waals surface area contributed by atoms with Crippen LogP contribution in [0, 0.1) is 3.57 Å². The molecule has 0 aliphatic heterocycles. The van der Waals surface area contributed by atoms with Gasteiger partial charge in [0.1, 0.15) is 11.0 Å². The van der Waals surface area contributed by atoms with E-state index in [0.29, 0.717) is 11.1 Å². The van der Waals surface area contributed by atoms with Crippen LogP contribution >= 0.6 is 34.2 Å². The van der Waals surface area contributed by atoms with Gasteiger partial charge in [0.2, 0.25) is 0 Å². The van der Waals surface area contributed by atoms with Gasteiger partial charge in [-0.3, -0.25) is 0 Å². The summed E-state index contributed by atoms with van der Waals surface area (Å²) in [6.45, 7) is 6.57. The highest BCUT2D eigenvalue weighted by atomic mass is 127. The summed E-state index contributed by atoms with van der Waals surface area (Å²) in [5.41, 5.74) is 1.11. The van der Waals surface area contributed by atoms with Gasteiger partial charge in [0.25, 0.3) is 0 Å². The van der Waals surface area contributed by atoms with Crippen molar-refractivity contribution in [3.05, 3.63) is 20.2 Å². The van der Waals surface area contributed by atoms with Crippen molar-refractivity contribution in [2.45, 2.75) is 77.0 Å². The lowest BCUT2D eigenvalue weighted by Crippen LogP contribution is -2.19.